The van der Waals surface area contributed by atoms with Gasteiger partial charge < -0.3 is 16.0 Å². The molecule has 2 aromatic carbocycles. The number of H-pyrrole nitrogens is 1. The van der Waals surface area contributed by atoms with Gasteiger partial charge in [0.05, 0.1) is 11.2 Å². The standard InChI is InChI=1S/C24H20F5N5O/c1-11-3-6-16(15-7-8-18(24(27,28)29)32-19(11)15)22-33-20(12(2)30)21(34-22)23(35)31-10-13-4-5-14(25)9-17(13)26/h3-9,12H,10,30H2,1-2H3,(H,31,35)(H,33,34)/t12-/m1/s1. The fourth-order valence-electron chi connectivity index (χ4n) is 3.66. The Morgan fingerprint density at radius 1 is 1.11 bits per heavy atom. The Balaban J connectivity index is 1.72. The number of carbonyl (C=O) groups excluding carboxylic acids is 1. The molecular weight excluding hydrogens is 469 g/mol. The van der Waals surface area contributed by atoms with Crippen LogP contribution in [0.1, 0.15) is 46.0 Å². The predicted molar refractivity (Wildman–Crippen MR) is 119 cm³/mol. The lowest BCUT2D eigenvalue weighted by atomic mass is 10.0. The summed E-state index contributed by atoms with van der Waals surface area (Å²) in [5.41, 5.74) is 6.41. The van der Waals surface area contributed by atoms with E-state index in [1.807, 2.05) is 0 Å². The fraction of sp³-hybridized carbons (Fsp3) is 0.208. The minimum absolute atomic E-state index is 0.0499. The van der Waals surface area contributed by atoms with Crippen molar-refractivity contribution in [2.45, 2.75) is 32.6 Å². The van der Waals surface area contributed by atoms with E-state index in [0.717, 1.165) is 12.1 Å². The molecule has 2 aromatic heterocycles. The lowest BCUT2D eigenvalue weighted by Gasteiger charge is -2.10. The highest BCUT2D eigenvalue weighted by Gasteiger charge is 2.33. The highest BCUT2D eigenvalue weighted by molar-refractivity contribution is 5.97. The maximum absolute atomic E-state index is 13.9. The first kappa shape index (κ1) is 24.3. The lowest BCUT2D eigenvalue weighted by Crippen LogP contribution is -2.26. The summed E-state index contributed by atoms with van der Waals surface area (Å²) < 4.78 is 66.5. The summed E-state index contributed by atoms with van der Waals surface area (Å²) >= 11 is 0. The highest BCUT2D eigenvalue weighted by Crippen LogP contribution is 2.34. The van der Waals surface area contributed by atoms with E-state index in [9.17, 15) is 26.7 Å². The summed E-state index contributed by atoms with van der Waals surface area (Å²) in [6, 6.07) is 7.81. The Bertz CT molecular complexity index is 1430. The van der Waals surface area contributed by atoms with Crippen LogP contribution in [0, 0.1) is 18.6 Å². The molecule has 0 aliphatic rings. The van der Waals surface area contributed by atoms with Crippen molar-refractivity contribution in [2.24, 2.45) is 5.73 Å². The largest absolute Gasteiger partial charge is 0.433 e. The SMILES string of the molecule is Cc1ccc(-c2nc(C(=O)NCc3ccc(F)cc3F)c([C@@H](C)N)[nH]2)c2ccc(C(F)(F)F)nc12. The zero-order valence-corrected chi connectivity index (χ0v) is 18.6. The fourth-order valence-corrected chi connectivity index (χ4v) is 3.66. The zero-order valence-electron chi connectivity index (χ0n) is 18.6. The summed E-state index contributed by atoms with van der Waals surface area (Å²) in [4.78, 5) is 24.0. The molecule has 182 valence electrons. The number of aromatic nitrogens is 3. The minimum atomic E-state index is -4.60. The second kappa shape index (κ2) is 9.06. The molecule has 1 atom stereocenters. The van der Waals surface area contributed by atoms with Gasteiger partial charge in [0.15, 0.2) is 5.69 Å². The van der Waals surface area contributed by atoms with Gasteiger partial charge in [0.1, 0.15) is 23.2 Å². The van der Waals surface area contributed by atoms with E-state index in [2.05, 4.69) is 20.3 Å². The molecule has 0 aliphatic carbocycles. The number of halogens is 5. The number of hydrogen-bond donors (Lipinski definition) is 3. The van der Waals surface area contributed by atoms with Crippen LogP contribution in [-0.2, 0) is 12.7 Å². The smallest absolute Gasteiger partial charge is 0.346 e. The summed E-state index contributed by atoms with van der Waals surface area (Å²) in [6.07, 6.45) is -4.60. The number of nitrogens with zero attached hydrogens (tertiary/aromatic N) is 2. The van der Waals surface area contributed by atoms with Crippen LogP contribution in [0.15, 0.2) is 42.5 Å². The van der Waals surface area contributed by atoms with Crippen LogP contribution in [-0.4, -0.2) is 20.9 Å². The average molecular weight is 489 g/mol. The Morgan fingerprint density at radius 2 is 1.86 bits per heavy atom. The molecule has 11 heteroatoms. The second-order valence-corrected chi connectivity index (χ2v) is 8.08. The second-order valence-electron chi connectivity index (χ2n) is 8.08. The molecule has 35 heavy (non-hydrogen) atoms. The van der Waals surface area contributed by atoms with Gasteiger partial charge in [-0.3, -0.25) is 4.79 Å². The third-order valence-corrected chi connectivity index (χ3v) is 5.46. The number of hydrogen-bond acceptors (Lipinski definition) is 4. The Morgan fingerprint density at radius 3 is 2.51 bits per heavy atom. The van der Waals surface area contributed by atoms with Crippen LogP contribution >= 0.6 is 0 Å². The van der Waals surface area contributed by atoms with Crippen molar-refractivity contribution in [3.8, 4) is 11.4 Å². The molecule has 0 spiro atoms. The van der Waals surface area contributed by atoms with Gasteiger partial charge in [-0.15, -0.1) is 0 Å². The monoisotopic (exact) mass is 489 g/mol. The van der Waals surface area contributed by atoms with Crippen molar-refractivity contribution in [3.05, 3.63) is 82.3 Å². The number of fused-ring (bicyclic) bond motifs is 1. The summed E-state index contributed by atoms with van der Waals surface area (Å²) in [7, 11) is 0. The van der Waals surface area contributed by atoms with Crippen molar-refractivity contribution in [2.75, 3.05) is 0 Å². The number of nitrogens with two attached hydrogens (primary N) is 1. The van der Waals surface area contributed by atoms with E-state index in [0.29, 0.717) is 22.6 Å². The Hall–Kier alpha value is -3.86. The Labute approximate surface area is 196 Å². The van der Waals surface area contributed by atoms with Gasteiger partial charge in [-0.2, -0.15) is 13.2 Å². The topological polar surface area (TPSA) is 96.7 Å². The molecule has 0 radical (unpaired) electrons. The van der Waals surface area contributed by atoms with Crippen molar-refractivity contribution < 1.29 is 26.7 Å². The van der Waals surface area contributed by atoms with Crippen LogP contribution in [0.25, 0.3) is 22.3 Å². The van der Waals surface area contributed by atoms with E-state index in [-0.39, 0.29) is 34.8 Å². The molecule has 2 heterocycles. The number of benzene rings is 2. The van der Waals surface area contributed by atoms with E-state index in [1.54, 1.807) is 26.0 Å². The highest BCUT2D eigenvalue weighted by atomic mass is 19.4. The quantitative estimate of drug-likeness (QED) is 0.337. The first-order valence-corrected chi connectivity index (χ1v) is 10.5. The summed E-state index contributed by atoms with van der Waals surface area (Å²) in [6.45, 7) is 3.05. The molecular formula is C24H20F5N5O. The van der Waals surface area contributed by atoms with E-state index >= 15 is 0 Å². The van der Waals surface area contributed by atoms with Gasteiger partial charge in [-0.05, 0) is 37.6 Å². The van der Waals surface area contributed by atoms with Crippen LogP contribution < -0.4 is 11.1 Å². The number of nitrogens with one attached hydrogen (secondary N) is 2. The predicted octanol–water partition coefficient (Wildman–Crippen LogP) is 5.18. The Kier molecular flexibility index (Phi) is 6.28. The molecule has 6 nitrogen and oxygen atoms in total. The zero-order chi connectivity index (χ0) is 25.5. The van der Waals surface area contributed by atoms with Crippen molar-refractivity contribution >= 4 is 16.8 Å². The number of imidazole rings is 1. The van der Waals surface area contributed by atoms with E-state index in [4.69, 9.17) is 5.73 Å². The third-order valence-electron chi connectivity index (χ3n) is 5.46. The van der Waals surface area contributed by atoms with Crippen LogP contribution in [0.5, 0.6) is 0 Å². The maximum atomic E-state index is 13.9. The molecule has 4 aromatic rings. The van der Waals surface area contributed by atoms with Gasteiger partial charge in [0, 0.05) is 35.2 Å². The number of carbonyl (C=O) groups is 1. The van der Waals surface area contributed by atoms with Gasteiger partial charge in [0.25, 0.3) is 5.91 Å². The molecule has 1 amide bonds. The van der Waals surface area contributed by atoms with Crippen molar-refractivity contribution in [3.63, 3.8) is 0 Å². The molecule has 0 aliphatic heterocycles. The number of alkyl halides is 3. The third kappa shape index (κ3) is 4.85. The summed E-state index contributed by atoms with van der Waals surface area (Å²) in [5, 5.41) is 2.94. The van der Waals surface area contributed by atoms with Crippen LogP contribution in [0.4, 0.5) is 22.0 Å². The average Bonchev–Trinajstić information content (AvgIpc) is 3.23. The molecule has 0 bridgehead atoms. The first-order valence-electron chi connectivity index (χ1n) is 10.5. The first-order chi connectivity index (χ1) is 16.5. The number of aromatic amines is 1. The van der Waals surface area contributed by atoms with Gasteiger partial charge in [-0.1, -0.05) is 18.2 Å². The molecule has 4 N–H and O–H groups in total. The van der Waals surface area contributed by atoms with E-state index < -0.39 is 35.5 Å². The van der Waals surface area contributed by atoms with E-state index in [1.165, 1.54) is 12.1 Å². The van der Waals surface area contributed by atoms with Crippen molar-refractivity contribution in [1.82, 2.24) is 20.3 Å². The summed E-state index contributed by atoms with van der Waals surface area (Å²) in [5.74, 6) is -1.99. The molecule has 4 rings (SSSR count). The number of pyridine rings is 1. The molecule has 0 unspecified atom stereocenters. The number of aryl methyl sites for hydroxylation is 1. The van der Waals surface area contributed by atoms with Gasteiger partial charge in [0.2, 0.25) is 0 Å². The van der Waals surface area contributed by atoms with Gasteiger partial charge >= 0.3 is 6.18 Å². The normalized spacial score (nSPS) is 12.7. The lowest BCUT2D eigenvalue weighted by molar-refractivity contribution is -0.140. The number of rotatable bonds is 5. The minimum Gasteiger partial charge on any atom is -0.346 e. The molecule has 0 fully saturated rings. The van der Waals surface area contributed by atoms with Crippen LogP contribution in [0.3, 0.4) is 0 Å². The maximum Gasteiger partial charge on any atom is 0.433 e. The molecule has 0 saturated heterocycles. The molecule has 0 saturated carbocycles. The van der Waals surface area contributed by atoms with Crippen LogP contribution in [0.2, 0.25) is 0 Å². The van der Waals surface area contributed by atoms with Crippen molar-refractivity contribution in [1.29, 1.82) is 0 Å². The van der Waals surface area contributed by atoms with Gasteiger partial charge in [-0.25, -0.2) is 18.7 Å². The number of amides is 1.